The Morgan fingerprint density at radius 3 is 2.24 bits per heavy atom. The van der Waals surface area contributed by atoms with E-state index in [2.05, 4.69) is 5.32 Å². The number of amides is 1. The highest BCUT2D eigenvalue weighted by Crippen LogP contribution is 2.26. The van der Waals surface area contributed by atoms with Crippen molar-refractivity contribution in [3.05, 3.63) is 63.1 Å². The average molecular weight is 455 g/mol. The van der Waals surface area contributed by atoms with Crippen LogP contribution in [0.3, 0.4) is 0 Å². The summed E-state index contributed by atoms with van der Waals surface area (Å²) >= 11 is 11.9. The summed E-state index contributed by atoms with van der Waals surface area (Å²) < 4.78 is 26.9. The van der Waals surface area contributed by atoms with Gasteiger partial charge in [-0.25, -0.2) is 12.7 Å². The second kappa shape index (κ2) is 9.04. The number of anilines is 1. The predicted octanol–water partition coefficient (Wildman–Crippen LogP) is 4.79. The van der Waals surface area contributed by atoms with Gasteiger partial charge < -0.3 is 5.32 Å². The minimum atomic E-state index is -3.49. The molecule has 1 amide bonds. The predicted molar refractivity (Wildman–Crippen MR) is 118 cm³/mol. The average Bonchev–Trinajstić information content (AvgIpc) is 2.64. The number of hydrogen-bond acceptors (Lipinski definition) is 3. The first-order valence-electron chi connectivity index (χ1n) is 9.45. The maximum Gasteiger partial charge on any atom is 0.227 e. The van der Waals surface area contributed by atoms with Crippen LogP contribution in [-0.2, 0) is 20.6 Å². The highest BCUT2D eigenvalue weighted by molar-refractivity contribution is 7.88. The van der Waals surface area contributed by atoms with E-state index >= 15 is 0 Å². The zero-order chi connectivity index (χ0) is 21.2. The summed E-state index contributed by atoms with van der Waals surface area (Å²) in [5.41, 5.74) is 3.54. The number of hydrogen-bond donors (Lipinski definition) is 1. The smallest absolute Gasteiger partial charge is 0.227 e. The monoisotopic (exact) mass is 454 g/mol. The molecule has 156 valence electrons. The molecule has 1 fully saturated rings. The van der Waals surface area contributed by atoms with Gasteiger partial charge in [-0.15, -0.1) is 0 Å². The number of rotatable bonds is 5. The summed E-state index contributed by atoms with van der Waals surface area (Å²) in [6.45, 7) is 4.63. The van der Waals surface area contributed by atoms with Crippen molar-refractivity contribution in [2.45, 2.75) is 32.4 Å². The molecule has 1 N–H and O–H groups in total. The maximum atomic E-state index is 12.7. The number of benzene rings is 2. The van der Waals surface area contributed by atoms with Gasteiger partial charge in [0.2, 0.25) is 15.9 Å². The van der Waals surface area contributed by atoms with Crippen LogP contribution in [0.25, 0.3) is 0 Å². The van der Waals surface area contributed by atoms with Crippen LogP contribution in [0.1, 0.15) is 29.5 Å². The summed E-state index contributed by atoms with van der Waals surface area (Å²) in [5.74, 6) is -0.396. The van der Waals surface area contributed by atoms with Gasteiger partial charge >= 0.3 is 0 Å². The summed E-state index contributed by atoms with van der Waals surface area (Å²) in [7, 11) is -3.49. The largest absolute Gasteiger partial charge is 0.326 e. The fourth-order valence-electron chi connectivity index (χ4n) is 3.62. The van der Waals surface area contributed by atoms with Gasteiger partial charge in [-0.2, -0.15) is 0 Å². The molecule has 3 rings (SSSR count). The molecule has 8 heteroatoms. The van der Waals surface area contributed by atoms with Crippen molar-refractivity contribution in [3.8, 4) is 0 Å². The van der Waals surface area contributed by atoms with E-state index in [1.54, 1.807) is 18.2 Å². The van der Waals surface area contributed by atoms with Gasteiger partial charge in [0, 0.05) is 24.7 Å². The Hall–Kier alpha value is -1.60. The third-order valence-corrected chi connectivity index (χ3v) is 7.63. The van der Waals surface area contributed by atoms with Crippen LogP contribution in [0.15, 0.2) is 36.4 Å². The molecule has 1 heterocycles. The minimum Gasteiger partial charge on any atom is -0.326 e. The number of piperidine rings is 1. The number of carbonyl (C=O) groups is 1. The molecular formula is C21H24Cl2N2O3S. The van der Waals surface area contributed by atoms with E-state index in [-0.39, 0.29) is 17.6 Å². The number of nitrogens with zero attached hydrogens (tertiary/aromatic N) is 1. The van der Waals surface area contributed by atoms with Gasteiger partial charge in [-0.3, -0.25) is 4.79 Å². The van der Waals surface area contributed by atoms with Crippen LogP contribution in [0.5, 0.6) is 0 Å². The lowest BCUT2D eigenvalue weighted by atomic mass is 9.97. The summed E-state index contributed by atoms with van der Waals surface area (Å²) in [6, 6.07) is 10.7. The Kier molecular flexibility index (Phi) is 6.89. The lowest BCUT2D eigenvalue weighted by molar-refractivity contribution is -0.120. The maximum absolute atomic E-state index is 12.7. The SMILES string of the molecule is Cc1cc(C)cc(NC(=O)C2CCN(S(=O)(=O)Cc3ccc(Cl)c(Cl)c3)CC2)c1. The molecule has 0 radical (unpaired) electrons. The summed E-state index contributed by atoms with van der Waals surface area (Å²) in [6.07, 6.45) is 0.995. The van der Waals surface area contributed by atoms with Gasteiger partial charge in [0.25, 0.3) is 0 Å². The van der Waals surface area contributed by atoms with Gasteiger partial charge in [0.1, 0.15) is 0 Å². The molecule has 2 aromatic carbocycles. The van der Waals surface area contributed by atoms with Crippen LogP contribution >= 0.6 is 23.2 Å². The molecule has 0 bridgehead atoms. The van der Waals surface area contributed by atoms with E-state index in [0.717, 1.165) is 16.8 Å². The third kappa shape index (κ3) is 5.72. The highest BCUT2D eigenvalue weighted by Gasteiger charge is 2.31. The third-order valence-electron chi connectivity index (χ3n) is 5.04. The summed E-state index contributed by atoms with van der Waals surface area (Å²) in [5, 5.41) is 3.69. The van der Waals surface area contributed by atoms with Gasteiger partial charge in [0.05, 0.1) is 15.8 Å². The normalized spacial score (nSPS) is 16.0. The van der Waals surface area contributed by atoms with E-state index in [9.17, 15) is 13.2 Å². The molecule has 29 heavy (non-hydrogen) atoms. The van der Waals surface area contributed by atoms with E-state index < -0.39 is 10.0 Å². The van der Waals surface area contributed by atoms with Crippen LogP contribution in [0, 0.1) is 19.8 Å². The molecule has 0 aromatic heterocycles. The van der Waals surface area contributed by atoms with Crippen molar-refractivity contribution in [1.82, 2.24) is 4.31 Å². The van der Waals surface area contributed by atoms with Gasteiger partial charge in [0.15, 0.2) is 0 Å². The van der Waals surface area contributed by atoms with Gasteiger partial charge in [-0.05, 0) is 67.6 Å². The van der Waals surface area contributed by atoms with Gasteiger partial charge in [-0.1, -0.05) is 35.3 Å². The highest BCUT2D eigenvalue weighted by atomic mass is 35.5. The number of nitrogens with one attached hydrogen (secondary N) is 1. The zero-order valence-corrected chi connectivity index (χ0v) is 18.7. The lowest BCUT2D eigenvalue weighted by Crippen LogP contribution is -2.41. The van der Waals surface area contributed by atoms with Crippen LogP contribution < -0.4 is 5.32 Å². The quantitative estimate of drug-likeness (QED) is 0.705. The summed E-state index contributed by atoms with van der Waals surface area (Å²) in [4.78, 5) is 12.6. The number of sulfonamides is 1. The molecule has 1 aliphatic heterocycles. The van der Waals surface area contributed by atoms with Crippen molar-refractivity contribution in [1.29, 1.82) is 0 Å². The Morgan fingerprint density at radius 2 is 1.66 bits per heavy atom. The molecule has 1 aliphatic rings. The standard InChI is InChI=1S/C21H24Cl2N2O3S/c1-14-9-15(2)11-18(10-14)24-21(26)17-5-7-25(8-6-17)29(27,28)13-16-3-4-19(22)20(23)12-16/h3-4,9-12,17H,5-8,13H2,1-2H3,(H,24,26). The van der Waals surface area contributed by atoms with Crippen molar-refractivity contribution >= 4 is 44.8 Å². The van der Waals surface area contributed by atoms with Crippen molar-refractivity contribution in [2.24, 2.45) is 5.92 Å². The Balaban J connectivity index is 1.58. The second-order valence-corrected chi connectivity index (χ2v) is 10.3. The lowest BCUT2D eigenvalue weighted by Gasteiger charge is -2.30. The number of aryl methyl sites for hydroxylation is 2. The Labute approximate surface area is 182 Å². The van der Waals surface area contributed by atoms with Crippen molar-refractivity contribution in [3.63, 3.8) is 0 Å². The van der Waals surface area contributed by atoms with E-state index in [0.29, 0.717) is 41.5 Å². The Morgan fingerprint density at radius 1 is 1.03 bits per heavy atom. The van der Waals surface area contributed by atoms with Crippen LogP contribution in [0.4, 0.5) is 5.69 Å². The molecule has 0 atom stereocenters. The van der Waals surface area contributed by atoms with E-state index in [1.807, 2.05) is 32.0 Å². The minimum absolute atomic E-state index is 0.0588. The molecule has 0 spiro atoms. The van der Waals surface area contributed by atoms with Crippen LogP contribution in [0.2, 0.25) is 10.0 Å². The number of carbonyl (C=O) groups excluding carboxylic acids is 1. The fraction of sp³-hybridized carbons (Fsp3) is 0.381. The Bertz CT molecular complexity index is 996. The molecule has 0 unspecified atom stereocenters. The molecule has 0 saturated carbocycles. The molecule has 2 aromatic rings. The second-order valence-electron chi connectivity index (χ2n) is 7.54. The first kappa shape index (κ1) is 22.1. The first-order valence-corrected chi connectivity index (χ1v) is 11.8. The van der Waals surface area contributed by atoms with Crippen LogP contribution in [-0.4, -0.2) is 31.7 Å². The molecule has 5 nitrogen and oxygen atoms in total. The van der Waals surface area contributed by atoms with Crippen molar-refractivity contribution in [2.75, 3.05) is 18.4 Å². The van der Waals surface area contributed by atoms with E-state index in [1.165, 1.54) is 4.31 Å². The zero-order valence-electron chi connectivity index (χ0n) is 16.4. The molecule has 1 saturated heterocycles. The van der Waals surface area contributed by atoms with Crippen molar-refractivity contribution < 1.29 is 13.2 Å². The first-order chi connectivity index (χ1) is 13.6. The molecule has 0 aliphatic carbocycles. The van der Waals surface area contributed by atoms with E-state index in [4.69, 9.17) is 23.2 Å². The fourth-order valence-corrected chi connectivity index (χ4v) is 5.49. The number of halogens is 2. The molecular weight excluding hydrogens is 431 g/mol. The topological polar surface area (TPSA) is 66.5 Å².